The molecule has 2 aromatic carbocycles. The van der Waals surface area contributed by atoms with Gasteiger partial charge in [-0.2, -0.15) is 0 Å². The molecule has 1 aliphatic heterocycles. The number of rotatable bonds is 11. The molecule has 3 rings (SSSR count). The van der Waals surface area contributed by atoms with Gasteiger partial charge in [0.25, 0.3) is 0 Å². The molecular formula is C23H26O4S4. The fraction of sp³-hybridized carbons (Fsp3) is 0.391. The van der Waals surface area contributed by atoms with Crippen molar-refractivity contribution in [3.05, 3.63) is 59.7 Å². The first-order valence-corrected chi connectivity index (χ1v) is 12.8. The summed E-state index contributed by atoms with van der Waals surface area (Å²) >= 11 is 12.8. The summed E-state index contributed by atoms with van der Waals surface area (Å²) < 4.78 is 19.2. The van der Waals surface area contributed by atoms with Crippen molar-refractivity contribution in [3.63, 3.8) is 0 Å². The van der Waals surface area contributed by atoms with Crippen LogP contribution < -0.4 is 9.47 Å². The Morgan fingerprint density at radius 2 is 1.71 bits per heavy atom. The van der Waals surface area contributed by atoms with E-state index in [1.165, 1.54) is 22.9 Å². The van der Waals surface area contributed by atoms with Crippen LogP contribution in [0.2, 0.25) is 0 Å². The van der Waals surface area contributed by atoms with Gasteiger partial charge in [0.2, 0.25) is 4.38 Å². The summed E-state index contributed by atoms with van der Waals surface area (Å²) in [5, 5.41) is 9.87. The minimum atomic E-state index is -0.545. The lowest BCUT2D eigenvalue weighted by Crippen LogP contribution is -2.21. The van der Waals surface area contributed by atoms with Crippen molar-refractivity contribution in [3.8, 4) is 11.5 Å². The number of thiocarbonyl (C=S) groups is 2. The van der Waals surface area contributed by atoms with Gasteiger partial charge in [0.15, 0.2) is 0 Å². The first-order chi connectivity index (χ1) is 14.9. The number of benzene rings is 2. The van der Waals surface area contributed by atoms with Gasteiger partial charge in [-0.15, -0.1) is 11.8 Å². The Hall–Kier alpha value is -1.32. The fourth-order valence-electron chi connectivity index (χ4n) is 3.13. The molecule has 2 atom stereocenters. The maximum atomic E-state index is 9.87. The van der Waals surface area contributed by atoms with Crippen LogP contribution in [0.1, 0.15) is 25.0 Å². The minimum Gasteiger partial charge on any atom is -0.491 e. The zero-order chi connectivity index (χ0) is 22.3. The van der Waals surface area contributed by atoms with E-state index < -0.39 is 6.10 Å². The lowest BCUT2D eigenvalue weighted by Gasteiger charge is -2.26. The molecule has 2 aromatic rings. The highest BCUT2D eigenvalue weighted by Crippen LogP contribution is 2.33. The predicted octanol–water partition coefficient (Wildman–Crippen LogP) is 5.24. The third kappa shape index (κ3) is 7.08. The van der Waals surface area contributed by atoms with Crippen LogP contribution >= 0.6 is 48.0 Å². The van der Waals surface area contributed by atoms with Crippen molar-refractivity contribution in [1.29, 1.82) is 0 Å². The second-order valence-corrected chi connectivity index (χ2v) is 10.7. The highest BCUT2D eigenvalue weighted by molar-refractivity contribution is 8.23. The lowest BCUT2D eigenvalue weighted by molar-refractivity contribution is 0.126. The number of hydrogen-bond donors (Lipinski definition) is 1. The van der Waals surface area contributed by atoms with E-state index in [1.54, 1.807) is 16.5 Å². The summed E-state index contributed by atoms with van der Waals surface area (Å²) in [6, 6.07) is 16.2. The molecule has 1 heterocycles. The summed E-state index contributed by atoms with van der Waals surface area (Å²) in [7, 11) is 0. The van der Waals surface area contributed by atoms with E-state index in [1.807, 2.05) is 24.3 Å². The largest absolute Gasteiger partial charge is 0.491 e. The molecule has 0 spiro atoms. The van der Waals surface area contributed by atoms with E-state index in [4.69, 9.17) is 38.6 Å². The van der Waals surface area contributed by atoms with Crippen molar-refractivity contribution in [2.75, 3.05) is 24.7 Å². The van der Waals surface area contributed by atoms with Gasteiger partial charge in [0.05, 0.1) is 6.10 Å². The Bertz CT molecular complexity index is 868. The number of hydrogen-bond acceptors (Lipinski definition) is 8. The van der Waals surface area contributed by atoms with Crippen molar-refractivity contribution < 1.29 is 19.3 Å². The fourth-order valence-corrected chi connectivity index (χ4v) is 4.79. The summed E-state index contributed by atoms with van der Waals surface area (Å²) in [6.45, 7) is 5.12. The van der Waals surface area contributed by atoms with Gasteiger partial charge in [-0.25, -0.2) is 0 Å². The SMILES string of the molecule is CC(C)(c1ccc(OCC(O)CSC=S)cc1)c1ccc(OCC2CSC(=S)O2)cc1. The van der Waals surface area contributed by atoms with Crippen LogP contribution in [0.4, 0.5) is 0 Å². The van der Waals surface area contributed by atoms with Crippen molar-refractivity contribution in [2.45, 2.75) is 31.5 Å². The van der Waals surface area contributed by atoms with Crippen LogP contribution in [0.15, 0.2) is 48.5 Å². The molecule has 8 heteroatoms. The van der Waals surface area contributed by atoms with Gasteiger partial charge in [-0.3, -0.25) is 0 Å². The van der Waals surface area contributed by atoms with E-state index in [2.05, 4.69) is 38.1 Å². The molecule has 1 fully saturated rings. The second kappa shape index (κ2) is 11.5. The van der Waals surface area contributed by atoms with Crippen molar-refractivity contribution in [1.82, 2.24) is 0 Å². The lowest BCUT2D eigenvalue weighted by atomic mass is 9.78. The Balaban J connectivity index is 1.56. The Labute approximate surface area is 203 Å². The molecule has 166 valence electrons. The van der Waals surface area contributed by atoms with Crippen LogP contribution in [0.3, 0.4) is 0 Å². The zero-order valence-corrected chi connectivity index (χ0v) is 20.8. The Morgan fingerprint density at radius 1 is 1.13 bits per heavy atom. The van der Waals surface area contributed by atoms with Gasteiger partial charge < -0.3 is 19.3 Å². The summed E-state index contributed by atoms with van der Waals surface area (Å²) in [5.41, 5.74) is 2.19. The summed E-state index contributed by atoms with van der Waals surface area (Å²) in [6.07, 6.45) is -0.522. The van der Waals surface area contributed by atoms with Crippen molar-refractivity contribution in [2.24, 2.45) is 0 Å². The number of aliphatic hydroxyl groups is 1. The molecule has 4 nitrogen and oxygen atoms in total. The first kappa shape index (κ1) is 24.3. The number of ether oxygens (including phenoxy) is 3. The molecule has 1 N–H and O–H groups in total. The minimum absolute atomic E-state index is 0.0224. The Morgan fingerprint density at radius 3 is 2.23 bits per heavy atom. The van der Waals surface area contributed by atoms with Crippen molar-refractivity contribution >= 4 is 57.0 Å². The predicted molar refractivity (Wildman–Crippen MR) is 138 cm³/mol. The highest BCUT2D eigenvalue weighted by Gasteiger charge is 2.24. The summed E-state index contributed by atoms with van der Waals surface area (Å²) in [4.78, 5) is 0. The maximum absolute atomic E-state index is 9.87. The average Bonchev–Trinajstić information content (AvgIpc) is 3.20. The molecule has 2 unspecified atom stereocenters. The van der Waals surface area contributed by atoms with Gasteiger partial charge in [-0.1, -0.05) is 62.1 Å². The zero-order valence-electron chi connectivity index (χ0n) is 17.5. The van der Waals surface area contributed by atoms with Crippen LogP contribution in [0, 0.1) is 0 Å². The molecular weight excluding hydrogens is 469 g/mol. The molecule has 0 saturated carbocycles. The van der Waals surface area contributed by atoms with Crippen LogP contribution in [-0.2, 0) is 10.2 Å². The molecule has 31 heavy (non-hydrogen) atoms. The second-order valence-electron chi connectivity index (χ2n) is 7.68. The van der Waals surface area contributed by atoms with Crippen LogP contribution in [0.25, 0.3) is 0 Å². The molecule has 1 aliphatic rings. The van der Waals surface area contributed by atoms with E-state index >= 15 is 0 Å². The maximum Gasteiger partial charge on any atom is 0.220 e. The van der Waals surface area contributed by atoms with Crippen LogP contribution in [-0.4, -0.2) is 51.1 Å². The molecule has 1 saturated heterocycles. The Kier molecular flexibility index (Phi) is 9.04. The van der Waals surface area contributed by atoms with E-state index in [-0.39, 0.29) is 18.1 Å². The summed E-state index contributed by atoms with van der Waals surface area (Å²) in [5.74, 6) is 2.94. The van der Waals surface area contributed by atoms with E-state index in [9.17, 15) is 5.11 Å². The number of aliphatic hydroxyl groups excluding tert-OH is 1. The molecule has 0 amide bonds. The monoisotopic (exact) mass is 494 g/mol. The quantitative estimate of drug-likeness (QED) is 0.426. The first-order valence-electron chi connectivity index (χ1n) is 9.92. The molecule has 0 aliphatic carbocycles. The standard InChI is InChI=1S/C23H26O4S4/c1-23(2,16-3-7-19(8-4-16)25-11-18(24)13-30-15-28)17-5-9-20(10-6-17)26-12-21-14-31-22(29)27-21/h3-10,15,18,21,24H,11-14H2,1-2H3. The third-order valence-electron chi connectivity index (χ3n) is 5.04. The third-order valence-corrected chi connectivity index (χ3v) is 7.48. The smallest absolute Gasteiger partial charge is 0.220 e. The van der Waals surface area contributed by atoms with E-state index in [0.29, 0.717) is 16.7 Å². The molecule has 0 radical (unpaired) electrons. The van der Waals surface area contributed by atoms with Gasteiger partial charge in [0, 0.05) is 21.6 Å². The molecule has 0 aromatic heterocycles. The van der Waals surface area contributed by atoms with Gasteiger partial charge in [-0.05, 0) is 47.6 Å². The normalized spacial score (nSPS) is 17.1. The highest BCUT2D eigenvalue weighted by atomic mass is 32.2. The molecule has 0 bridgehead atoms. The number of thioether (sulfide) groups is 2. The van der Waals surface area contributed by atoms with E-state index in [0.717, 1.165) is 17.3 Å². The van der Waals surface area contributed by atoms with Crippen LogP contribution in [0.5, 0.6) is 11.5 Å². The van der Waals surface area contributed by atoms with Gasteiger partial charge >= 0.3 is 0 Å². The van der Waals surface area contributed by atoms with Gasteiger partial charge in [0.1, 0.15) is 30.8 Å². The topological polar surface area (TPSA) is 47.9 Å². The average molecular weight is 495 g/mol.